The maximum absolute atomic E-state index is 12.4. The minimum atomic E-state index is -0.707. The summed E-state index contributed by atoms with van der Waals surface area (Å²) in [6, 6.07) is 0. The normalized spacial score (nSPS) is 33.4. The second-order valence-corrected chi connectivity index (χ2v) is 7.55. The number of carbonyl (C=O) groups excluding carboxylic acids is 2. The van der Waals surface area contributed by atoms with Gasteiger partial charge in [-0.3, -0.25) is 9.59 Å². The Bertz CT molecular complexity index is 345. The van der Waals surface area contributed by atoms with Crippen molar-refractivity contribution in [1.29, 1.82) is 0 Å². The van der Waals surface area contributed by atoms with Crippen LogP contribution in [-0.4, -0.2) is 57.9 Å². The molecule has 0 bridgehead atoms. The van der Waals surface area contributed by atoms with E-state index < -0.39 is 5.54 Å². The van der Waals surface area contributed by atoms with Gasteiger partial charge in [-0.1, -0.05) is 6.92 Å². The van der Waals surface area contributed by atoms with Crippen molar-refractivity contribution >= 4 is 35.3 Å². The van der Waals surface area contributed by atoms with E-state index in [-0.39, 0.29) is 18.4 Å². The monoisotopic (exact) mass is 288 g/mol. The third kappa shape index (κ3) is 2.96. The standard InChI is InChI=1S/C12H20N2O2S2/c1-3-12(2)11(16)14(7-10(15)13-12)6-9-8-17-4-5-18-9/h9H,3-8H2,1-2H3,(H,13,15). The van der Waals surface area contributed by atoms with E-state index in [1.807, 2.05) is 37.4 Å². The van der Waals surface area contributed by atoms with E-state index in [0.717, 1.165) is 11.5 Å². The van der Waals surface area contributed by atoms with Gasteiger partial charge in [0.15, 0.2) is 0 Å². The van der Waals surface area contributed by atoms with Gasteiger partial charge in [0.25, 0.3) is 0 Å². The molecule has 1 N–H and O–H groups in total. The number of nitrogens with one attached hydrogen (secondary N) is 1. The van der Waals surface area contributed by atoms with Crippen LogP contribution in [0.1, 0.15) is 20.3 Å². The summed E-state index contributed by atoms with van der Waals surface area (Å²) in [5.41, 5.74) is -0.707. The minimum Gasteiger partial charge on any atom is -0.340 e. The van der Waals surface area contributed by atoms with Gasteiger partial charge < -0.3 is 10.2 Å². The van der Waals surface area contributed by atoms with Crippen molar-refractivity contribution in [1.82, 2.24) is 10.2 Å². The van der Waals surface area contributed by atoms with Gasteiger partial charge in [0, 0.05) is 29.1 Å². The van der Waals surface area contributed by atoms with E-state index in [1.165, 1.54) is 5.75 Å². The molecule has 2 heterocycles. The minimum absolute atomic E-state index is 0.0348. The van der Waals surface area contributed by atoms with Gasteiger partial charge in [0.1, 0.15) is 5.54 Å². The zero-order valence-electron chi connectivity index (χ0n) is 10.9. The topological polar surface area (TPSA) is 49.4 Å². The second-order valence-electron chi connectivity index (χ2n) is 4.99. The zero-order chi connectivity index (χ0) is 13.2. The highest BCUT2D eigenvalue weighted by molar-refractivity contribution is 8.06. The first-order valence-electron chi connectivity index (χ1n) is 6.35. The van der Waals surface area contributed by atoms with Crippen LogP contribution in [0.25, 0.3) is 0 Å². The van der Waals surface area contributed by atoms with Crippen molar-refractivity contribution in [2.45, 2.75) is 31.1 Å². The molecule has 2 fully saturated rings. The molecule has 0 saturated carbocycles. The summed E-state index contributed by atoms with van der Waals surface area (Å²) in [5.74, 6) is 3.46. The number of hydrogen-bond donors (Lipinski definition) is 1. The lowest BCUT2D eigenvalue weighted by Gasteiger charge is -2.40. The lowest BCUT2D eigenvalue weighted by Crippen LogP contribution is -2.65. The van der Waals surface area contributed by atoms with Crippen molar-refractivity contribution in [2.75, 3.05) is 30.3 Å². The van der Waals surface area contributed by atoms with Gasteiger partial charge >= 0.3 is 0 Å². The van der Waals surface area contributed by atoms with E-state index in [4.69, 9.17) is 0 Å². The van der Waals surface area contributed by atoms with Crippen molar-refractivity contribution in [3.63, 3.8) is 0 Å². The van der Waals surface area contributed by atoms with Crippen molar-refractivity contribution in [2.24, 2.45) is 0 Å². The highest BCUT2D eigenvalue weighted by atomic mass is 32.2. The molecule has 2 amide bonds. The molecular weight excluding hydrogens is 268 g/mol. The Hall–Kier alpha value is -0.360. The van der Waals surface area contributed by atoms with E-state index >= 15 is 0 Å². The first kappa shape index (κ1) is 14.1. The second kappa shape index (κ2) is 5.74. The van der Waals surface area contributed by atoms with E-state index in [0.29, 0.717) is 18.2 Å². The van der Waals surface area contributed by atoms with Gasteiger partial charge in [-0.25, -0.2) is 0 Å². The Balaban J connectivity index is 2.02. The molecule has 0 radical (unpaired) electrons. The summed E-state index contributed by atoms with van der Waals surface area (Å²) < 4.78 is 0. The fourth-order valence-electron chi connectivity index (χ4n) is 2.27. The third-order valence-electron chi connectivity index (χ3n) is 3.53. The van der Waals surface area contributed by atoms with Crippen molar-refractivity contribution < 1.29 is 9.59 Å². The van der Waals surface area contributed by atoms with Gasteiger partial charge in [-0.05, 0) is 13.3 Å². The molecular formula is C12H20N2O2S2. The molecule has 102 valence electrons. The lowest BCUT2D eigenvalue weighted by atomic mass is 9.94. The summed E-state index contributed by atoms with van der Waals surface area (Å²) in [7, 11) is 0. The molecule has 0 aromatic heterocycles. The van der Waals surface area contributed by atoms with Crippen molar-refractivity contribution in [3.05, 3.63) is 0 Å². The third-order valence-corrected chi connectivity index (χ3v) is 6.35. The zero-order valence-corrected chi connectivity index (χ0v) is 12.5. The fourth-order valence-corrected chi connectivity index (χ4v) is 4.95. The molecule has 6 heteroatoms. The van der Waals surface area contributed by atoms with Crippen LogP contribution in [0.3, 0.4) is 0 Å². The summed E-state index contributed by atoms with van der Waals surface area (Å²) in [5, 5.41) is 3.29. The number of carbonyl (C=O) groups is 2. The molecule has 0 aromatic carbocycles. The Kier molecular flexibility index (Phi) is 4.48. The predicted molar refractivity (Wildman–Crippen MR) is 77.0 cm³/mol. The first-order chi connectivity index (χ1) is 8.55. The molecule has 2 saturated heterocycles. The Morgan fingerprint density at radius 2 is 2.22 bits per heavy atom. The van der Waals surface area contributed by atoms with Crippen LogP contribution in [-0.2, 0) is 9.59 Å². The molecule has 18 heavy (non-hydrogen) atoms. The summed E-state index contributed by atoms with van der Waals surface area (Å²) in [6.45, 7) is 4.69. The predicted octanol–water partition coefficient (Wildman–Crippen LogP) is 0.962. The lowest BCUT2D eigenvalue weighted by molar-refractivity contribution is -0.149. The van der Waals surface area contributed by atoms with Crippen LogP contribution in [0.5, 0.6) is 0 Å². The average Bonchev–Trinajstić information content (AvgIpc) is 2.37. The molecule has 2 aliphatic heterocycles. The number of thioether (sulfide) groups is 2. The number of nitrogens with zero attached hydrogens (tertiary/aromatic N) is 1. The van der Waals surface area contributed by atoms with Crippen LogP contribution in [0.4, 0.5) is 0 Å². The van der Waals surface area contributed by atoms with Crippen LogP contribution in [0, 0.1) is 0 Å². The molecule has 0 aliphatic carbocycles. The molecule has 2 aliphatic rings. The van der Waals surface area contributed by atoms with E-state index in [1.54, 1.807) is 4.90 Å². The van der Waals surface area contributed by atoms with Gasteiger partial charge in [0.05, 0.1) is 6.54 Å². The maximum atomic E-state index is 12.4. The average molecular weight is 288 g/mol. The van der Waals surface area contributed by atoms with Crippen LogP contribution < -0.4 is 5.32 Å². The highest BCUT2D eigenvalue weighted by Gasteiger charge is 2.42. The van der Waals surface area contributed by atoms with Crippen LogP contribution >= 0.6 is 23.5 Å². The highest BCUT2D eigenvalue weighted by Crippen LogP contribution is 2.26. The van der Waals surface area contributed by atoms with Crippen LogP contribution in [0.15, 0.2) is 0 Å². The summed E-state index contributed by atoms with van der Waals surface area (Å²) in [4.78, 5) is 25.9. The number of amides is 2. The maximum Gasteiger partial charge on any atom is 0.248 e. The number of rotatable bonds is 3. The molecule has 2 atom stereocenters. The Morgan fingerprint density at radius 3 is 2.83 bits per heavy atom. The largest absolute Gasteiger partial charge is 0.340 e. The smallest absolute Gasteiger partial charge is 0.248 e. The number of piperazine rings is 1. The fraction of sp³-hybridized carbons (Fsp3) is 0.833. The van der Waals surface area contributed by atoms with E-state index in [9.17, 15) is 9.59 Å². The first-order valence-corrected chi connectivity index (χ1v) is 8.55. The SMILES string of the molecule is CCC1(C)NC(=O)CN(CC2CSCCS2)C1=O. The molecule has 0 aromatic rings. The van der Waals surface area contributed by atoms with Crippen LogP contribution in [0.2, 0.25) is 0 Å². The molecule has 0 spiro atoms. The Labute approximate surface area is 117 Å². The number of hydrogen-bond acceptors (Lipinski definition) is 4. The summed E-state index contributed by atoms with van der Waals surface area (Å²) in [6.07, 6.45) is 0.640. The van der Waals surface area contributed by atoms with E-state index in [2.05, 4.69) is 5.32 Å². The van der Waals surface area contributed by atoms with Gasteiger partial charge in [-0.2, -0.15) is 23.5 Å². The van der Waals surface area contributed by atoms with Gasteiger partial charge in [-0.15, -0.1) is 0 Å². The Morgan fingerprint density at radius 1 is 1.44 bits per heavy atom. The molecule has 4 nitrogen and oxygen atoms in total. The quantitative estimate of drug-likeness (QED) is 0.840. The molecule has 2 rings (SSSR count). The van der Waals surface area contributed by atoms with Crippen molar-refractivity contribution in [3.8, 4) is 0 Å². The summed E-state index contributed by atoms with van der Waals surface area (Å²) >= 11 is 3.86. The molecule has 2 unspecified atom stereocenters. The van der Waals surface area contributed by atoms with Gasteiger partial charge in [0.2, 0.25) is 11.8 Å².